The molecule has 0 aliphatic heterocycles. The number of rotatable bonds is 5. The lowest BCUT2D eigenvalue weighted by atomic mass is 10.3. The SMILES string of the molecule is O=C(O)CC(=O)NCCC1CC1. The summed E-state index contributed by atoms with van der Waals surface area (Å²) >= 11 is 0. The molecule has 12 heavy (non-hydrogen) atoms. The molecule has 0 aromatic rings. The van der Waals surface area contributed by atoms with Crippen LogP contribution in [0.15, 0.2) is 0 Å². The minimum Gasteiger partial charge on any atom is -0.481 e. The molecule has 1 fully saturated rings. The normalized spacial score (nSPS) is 15.7. The number of carboxylic acids is 1. The van der Waals surface area contributed by atoms with Gasteiger partial charge in [-0.05, 0) is 12.3 Å². The summed E-state index contributed by atoms with van der Waals surface area (Å²) in [5.74, 6) is -0.683. The van der Waals surface area contributed by atoms with Crippen LogP contribution in [0.5, 0.6) is 0 Å². The van der Waals surface area contributed by atoms with Crippen LogP contribution in [0.3, 0.4) is 0 Å². The number of carboxylic acid groups (broad SMARTS) is 1. The third kappa shape index (κ3) is 3.95. The number of hydrogen-bond acceptors (Lipinski definition) is 2. The van der Waals surface area contributed by atoms with Gasteiger partial charge in [-0.15, -0.1) is 0 Å². The molecule has 4 nitrogen and oxygen atoms in total. The summed E-state index contributed by atoms with van der Waals surface area (Å²) in [6, 6.07) is 0. The van der Waals surface area contributed by atoms with Gasteiger partial charge >= 0.3 is 5.97 Å². The van der Waals surface area contributed by atoms with E-state index in [0.29, 0.717) is 6.54 Å². The first-order valence-corrected chi connectivity index (χ1v) is 4.17. The van der Waals surface area contributed by atoms with Crippen LogP contribution in [0.1, 0.15) is 25.7 Å². The molecule has 1 aliphatic carbocycles. The number of carbonyl (C=O) groups is 2. The summed E-state index contributed by atoms with van der Waals surface area (Å²) in [4.78, 5) is 20.8. The molecule has 0 bridgehead atoms. The van der Waals surface area contributed by atoms with Crippen molar-refractivity contribution in [1.82, 2.24) is 5.32 Å². The number of amides is 1. The second-order valence-corrected chi connectivity index (χ2v) is 3.15. The molecule has 0 heterocycles. The van der Waals surface area contributed by atoms with Crippen molar-refractivity contribution in [3.8, 4) is 0 Å². The first-order valence-electron chi connectivity index (χ1n) is 4.17. The first kappa shape index (κ1) is 9.03. The lowest BCUT2D eigenvalue weighted by Gasteiger charge is -2.00. The van der Waals surface area contributed by atoms with Crippen LogP contribution in [0.4, 0.5) is 0 Å². The highest BCUT2D eigenvalue weighted by Gasteiger charge is 2.20. The average Bonchev–Trinajstić information content (AvgIpc) is 2.69. The molecule has 0 aromatic carbocycles. The van der Waals surface area contributed by atoms with Gasteiger partial charge in [-0.3, -0.25) is 9.59 Å². The maximum atomic E-state index is 10.8. The lowest BCUT2D eigenvalue weighted by molar-refractivity contribution is -0.140. The third-order valence-electron chi connectivity index (χ3n) is 1.88. The number of nitrogens with one attached hydrogen (secondary N) is 1. The van der Waals surface area contributed by atoms with Crippen molar-refractivity contribution >= 4 is 11.9 Å². The highest BCUT2D eigenvalue weighted by atomic mass is 16.4. The van der Waals surface area contributed by atoms with Crippen LogP contribution in [-0.2, 0) is 9.59 Å². The van der Waals surface area contributed by atoms with E-state index in [4.69, 9.17) is 5.11 Å². The van der Waals surface area contributed by atoms with Crippen LogP contribution in [-0.4, -0.2) is 23.5 Å². The Hall–Kier alpha value is -1.06. The molecule has 1 amide bonds. The van der Waals surface area contributed by atoms with Gasteiger partial charge in [-0.2, -0.15) is 0 Å². The van der Waals surface area contributed by atoms with Crippen LogP contribution in [0, 0.1) is 5.92 Å². The maximum Gasteiger partial charge on any atom is 0.312 e. The van der Waals surface area contributed by atoms with Crippen molar-refractivity contribution in [3.63, 3.8) is 0 Å². The Balaban J connectivity index is 1.97. The number of aliphatic carboxylic acids is 1. The van der Waals surface area contributed by atoms with Crippen molar-refractivity contribution in [2.24, 2.45) is 5.92 Å². The summed E-state index contributed by atoms with van der Waals surface area (Å²) in [6.45, 7) is 0.622. The third-order valence-corrected chi connectivity index (χ3v) is 1.88. The molecule has 0 atom stereocenters. The van der Waals surface area contributed by atoms with E-state index >= 15 is 0 Å². The monoisotopic (exact) mass is 171 g/mol. The molecule has 2 N–H and O–H groups in total. The standard InChI is InChI=1S/C8H13NO3/c10-7(5-8(11)12)9-4-3-6-1-2-6/h6H,1-5H2,(H,9,10)(H,11,12). The minimum atomic E-state index is -1.07. The lowest BCUT2D eigenvalue weighted by Crippen LogP contribution is -2.26. The van der Waals surface area contributed by atoms with Crippen molar-refractivity contribution in [1.29, 1.82) is 0 Å². The van der Waals surface area contributed by atoms with Gasteiger partial charge in [0.2, 0.25) is 5.91 Å². The molecule has 0 unspecified atom stereocenters. The molecular formula is C8H13NO3. The predicted octanol–water partition coefficient (Wildman–Crippen LogP) is 0.377. The number of hydrogen-bond donors (Lipinski definition) is 2. The molecule has 4 heteroatoms. The topological polar surface area (TPSA) is 66.4 Å². The van der Waals surface area contributed by atoms with Crippen LogP contribution in [0.2, 0.25) is 0 Å². The zero-order valence-electron chi connectivity index (χ0n) is 6.88. The Morgan fingerprint density at radius 1 is 1.42 bits per heavy atom. The zero-order chi connectivity index (χ0) is 8.97. The van der Waals surface area contributed by atoms with Gasteiger partial charge in [-0.1, -0.05) is 12.8 Å². The Morgan fingerprint density at radius 2 is 2.08 bits per heavy atom. The van der Waals surface area contributed by atoms with E-state index in [1.165, 1.54) is 12.8 Å². The Bertz CT molecular complexity index is 187. The molecular weight excluding hydrogens is 158 g/mol. The number of carbonyl (C=O) groups excluding carboxylic acids is 1. The second kappa shape index (κ2) is 4.09. The molecule has 0 saturated heterocycles. The Kier molecular flexibility index (Phi) is 3.08. The fraction of sp³-hybridized carbons (Fsp3) is 0.750. The second-order valence-electron chi connectivity index (χ2n) is 3.15. The summed E-state index contributed by atoms with van der Waals surface area (Å²) in [6.07, 6.45) is 3.10. The Labute approximate surface area is 71.0 Å². The fourth-order valence-electron chi connectivity index (χ4n) is 1.02. The highest BCUT2D eigenvalue weighted by Crippen LogP contribution is 2.31. The van der Waals surface area contributed by atoms with E-state index in [1.54, 1.807) is 0 Å². The van der Waals surface area contributed by atoms with Crippen molar-refractivity contribution in [2.75, 3.05) is 6.54 Å². The smallest absolute Gasteiger partial charge is 0.312 e. The minimum absolute atomic E-state index is 0.386. The van der Waals surface area contributed by atoms with Gasteiger partial charge < -0.3 is 10.4 Å². The van der Waals surface area contributed by atoms with Gasteiger partial charge in [0.1, 0.15) is 6.42 Å². The molecule has 1 rings (SSSR count). The first-order chi connectivity index (χ1) is 5.68. The molecule has 1 saturated carbocycles. The average molecular weight is 171 g/mol. The van der Waals surface area contributed by atoms with Crippen molar-refractivity contribution in [3.05, 3.63) is 0 Å². The molecule has 68 valence electrons. The molecule has 0 radical (unpaired) electrons. The van der Waals surface area contributed by atoms with Gasteiger partial charge in [0.15, 0.2) is 0 Å². The van der Waals surface area contributed by atoms with E-state index in [0.717, 1.165) is 12.3 Å². The predicted molar refractivity (Wildman–Crippen MR) is 42.6 cm³/mol. The quantitative estimate of drug-likeness (QED) is 0.587. The summed E-state index contributed by atoms with van der Waals surface area (Å²) in [5, 5.41) is 10.8. The van der Waals surface area contributed by atoms with E-state index in [9.17, 15) is 9.59 Å². The van der Waals surface area contributed by atoms with Crippen LogP contribution >= 0.6 is 0 Å². The maximum absolute atomic E-state index is 10.8. The van der Waals surface area contributed by atoms with Crippen molar-refractivity contribution < 1.29 is 14.7 Å². The highest BCUT2D eigenvalue weighted by molar-refractivity contribution is 5.93. The van der Waals surface area contributed by atoms with Crippen LogP contribution in [0.25, 0.3) is 0 Å². The molecule has 0 spiro atoms. The van der Waals surface area contributed by atoms with E-state index in [-0.39, 0.29) is 5.91 Å². The van der Waals surface area contributed by atoms with E-state index in [1.807, 2.05) is 0 Å². The van der Waals surface area contributed by atoms with Gasteiger partial charge in [-0.25, -0.2) is 0 Å². The molecule has 0 aromatic heterocycles. The zero-order valence-corrected chi connectivity index (χ0v) is 6.88. The summed E-state index contributed by atoms with van der Waals surface area (Å²) < 4.78 is 0. The van der Waals surface area contributed by atoms with Gasteiger partial charge in [0.25, 0.3) is 0 Å². The van der Waals surface area contributed by atoms with Gasteiger partial charge in [0, 0.05) is 6.54 Å². The van der Waals surface area contributed by atoms with Crippen molar-refractivity contribution in [2.45, 2.75) is 25.7 Å². The van der Waals surface area contributed by atoms with E-state index < -0.39 is 12.4 Å². The van der Waals surface area contributed by atoms with Gasteiger partial charge in [0.05, 0.1) is 0 Å². The largest absolute Gasteiger partial charge is 0.481 e. The molecule has 1 aliphatic rings. The van der Waals surface area contributed by atoms with E-state index in [2.05, 4.69) is 5.32 Å². The summed E-state index contributed by atoms with van der Waals surface area (Å²) in [5.41, 5.74) is 0. The fourth-order valence-corrected chi connectivity index (χ4v) is 1.02. The Morgan fingerprint density at radius 3 is 2.58 bits per heavy atom. The summed E-state index contributed by atoms with van der Waals surface area (Å²) in [7, 11) is 0. The van der Waals surface area contributed by atoms with Crippen LogP contribution < -0.4 is 5.32 Å².